The predicted octanol–water partition coefficient (Wildman–Crippen LogP) is 2.61. The van der Waals surface area contributed by atoms with E-state index in [2.05, 4.69) is 10.3 Å². The molecule has 0 aliphatic carbocycles. The van der Waals surface area contributed by atoms with E-state index >= 15 is 0 Å². The van der Waals surface area contributed by atoms with E-state index in [1.54, 1.807) is 23.2 Å². The third-order valence-electron chi connectivity index (χ3n) is 2.03. The van der Waals surface area contributed by atoms with Crippen molar-refractivity contribution < 1.29 is 4.79 Å². The molecule has 0 bridgehead atoms. The predicted molar refractivity (Wildman–Crippen MR) is 61.2 cm³/mol. The van der Waals surface area contributed by atoms with Gasteiger partial charge in [0.25, 0.3) is 0 Å². The second-order valence-electron chi connectivity index (χ2n) is 2.94. The third-order valence-corrected chi connectivity index (χ3v) is 2.34. The number of halogens is 1. The van der Waals surface area contributed by atoms with Crippen molar-refractivity contribution in [3.63, 3.8) is 0 Å². The van der Waals surface area contributed by atoms with Gasteiger partial charge >= 0.3 is 6.03 Å². The first-order valence-corrected chi connectivity index (χ1v) is 5.23. The van der Waals surface area contributed by atoms with Crippen LogP contribution in [0.4, 0.5) is 10.6 Å². The lowest BCUT2D eigenvalue weighted by atomic mass is 10.4. The fourth-order valence-electron chi connectivity index (χ4n) is 1.17. The van der Waals surface area contributed by atoms with Gasteiger partial charge in [-0.25, -0.2) is 9.78 Å². The summed E-state index contributed by atoms with van der Waals surface area (Å²) in [6.07, 6.45) is 1.59. The van der Waals surface area contributed by atoms with Crippen LogP contribution in [0.3, 0.4) is 0 Å². The lowest BCUT2D eigenvalue weighted by molar-refractivity contribution is 0.217. The number of carbonyl (C=O) groups excluding carboxylic acids is 1. The van der Waals surface area contributed by atoms with Gasteiger partial charge in [0.05, 0.1) is 5.02 Å². The highest BCUT2D eigenvalue weighted by Gasteiger charge is 2.11. The van der Waals surface area contributed by atoms with Gasteiger partial charge in [-0.15, -0.1) is 0 Å². The molecule has 0 fully saturated rings. The van der Waals surface area contributed by atoms with Crippen molar-refractivity contribution in [1.29, 1.82) is 0 Å². The van der Waals surface area contributed by atoms with Gasteiger partial charge in [0, 0.05) is 19.3 Å². The molecule has 4 nitrogen and oxygen atoms in total. The van der Waals surface area contributed by atoms with Gasteiger partial charge in [-0.05, 0) is 26.0 Å². The maximum atomic E-state index is 11.6. The van der Waals surface area contributed by atoms with Crippen LogP contribution in [0.2, 0.25) is 5.02 Å². The summed E-state index contributed by atoms with van der Waals surface area (Å²) in [6, 6.07) is 3.22. The van der Waals surface area contributed by atoms with Crippen molar-refractivity contribution in [3.05, 3.63) is 23.4 Å². The standard InChI is InChI=1S/C10H14ClN3O/c1-3-14(4-2)10(15)13-9-8(11)6-5-7-12-9/h5-7H,3-4H2,1-2H3,(H,12,13,15). The molecule has 1 aromatic rings. The summed E-state index contributed by atoms with van der Waals surface area (Å²) in [5.74, 6) is 0.399. The van der Waals surface area contributed by atoms with E-state index in [0.29, 0.717) is 23.9 Å². The maximum Gasteiger partial charge on any atom is 0.323 e. The van der Waals surface area contributed by atoms with Crippen LogP contribution in [0, 0.1) is 0 Å². The van der Waals surface area contributed by atoms with Gasteiger partial charge in [0.1, 0.15) is 0 Å². The molecule has 1 aromatic heterocycles. The summed E-state index contributed by atoms with van der Waals surface area (Å²) in [7, 11) is 0. The number of nitrogens with zero attached hydrogens (tertiary/aromatic N) is 2. The molecule has 0 saturated heterocycles. The Bertz CT molecular complexity index is 339. The monoisotopic (exact) mass is 227 g/mol. The number of hydrogen-bond acceptors (Lipinski definition) is 2. The van der Waals surface area contributed by atoms with Crippen LogP contribution in [0.1, 0.15) is 13.8 Å². The largest absolute Gasteiger partial charge is 0.325 e. The van der Waals surface area contributed by atoms with Crippen LogP contribution in [0.5, 0.6) is 0 Å². The number of anilines is 1. The van der Waals surface area contributed by atoms with Crippen LogP contribution in [-0.4, -0.2) is 29.0 Å². The first-order chi connectivity index (χ1) is 7.19. The van der Waals surface area contributed by atoms with Crippen LogP contribution < -0.4 is 5.32 Å². The van der Waals surface area contributed by atoms with Gasteiger partial charge in [0.15, 0.2) is 5.82 Å². The van der Waals surface area contributed by atoms with Crippen molar-refractivity contribution >= 4 is 23.4 Å². The molecule has 0 spiro atoms. The molecule has 15 heavy (non-hydrogen) atoms. The molecule has 0 aromatic carbocycles. The van der Waals surface area contributed by atoms with Crippen molar-refractivity contribution in [3.8, 4) is 0 Å². The molecule has 0 atom stereocenters. The summed E-state index contributed by atoms with van der Waals surface area (Å²) in [5.41, 5.74) is 0. The highest BCUT2D eigenvalue weighted by molar-refractivity contribution is 6.33. The average molecular weight is 228 g/mol. The van der Waals surface area contributed by atoms with Crippen molar-refractivity contribution in [2.75, 3.05) is 18.4 Å². The summed E-state index contributed by atoms with van der Waals surface area (Å²) in [4.78, 5) is 17.3. The number of urea groups is 1. The zero-order chi connectivity index (χ0) is 11.3. The van der Waals surface area contributed by atoms with E-state index in [9.17, 15) is 4.79 Å². The normalized spacial score (nSPS) is 9.80. The first-order valence-electron chi connectivity index (χ1n) is 4.85. The number of pyridine rings is 1. The van der Waals surface area contributed by atoms with Gasteiger partial charge in [-0.3, -0.25) is 5.32 Å². The second-order valence-corrected chi connectivity index (χ2v) is 3.34. The van der Waals surface area contributed by atoms with E-state index in [4.69, 9.17) is 11.6 Å². The molecule has 0 aliphatic rings. The zero-order valence-corrected chi connectivity index (χ0v) is 9.58. The lowest BCUT2D eigenvalue weighted by Crippen LogP contribution is -2.34. The Morgan fingerprint density at radius 1 is 1.53 bits per heavy atom. The van der Waals surface area contributed by atoms with E-state index in [1.807, 2.05) is 13.8 Å². The highest BCUT2D eigenvalue weighted by Crippen LogP contribution is 2.17. The number of hydrogen-bond donors (Lipinski definition) is 1. The van der Waals surface area contributed by atoms with Crippen molar-refractivity contribution in [2.45, 2.75) is 13.8 Å². The Kier molecular flexibility index (Phi) is 4.37. The molecule has 1 N–H and O–H groups in total. The summed E-state index contributed by atoms with van der Waals surface area (Å²) >= 11 is 5.86. The van der Waals surface area contributed by atoms with Gasteiger partial charge in [-0.2, -0.15) is 0 Å². The second kappa shape index (κ2) is 5.56. The molecule has 1 heterocycles. The molecule has 1 rings (SSSR count). The first kappa shape index (κ1) is 11.8. The Balaban J connectivity index is 2.70. The Labute approximate surface area is 94.3 Å². The third kappa shape index (κ3) is 3.09. The number of nitrogens with one attached hydrogen (secondary N) is 1. The minimum atomic E-state index is -0.180. The maximum absolute atomic E-state index is 11.6. The van der Waals surface area contributed by atoms with Crippen molar-refractivity contribution in [1.82, 2.24) is 9.88 Å². The van der Waals surface area contributed by atoms with Gasteiger partial charge < -0.3 is 4.90 Å². The zero-order valence-electron chi connectivity index (χ0n) is 8.83. The molecule has 0 unspecified atom stereocenters. The van der Waals surface area contributed by atoms with Gasteiger partial charge in [-0.1, -0.05) is 11.6 Å². The highest BCUT2D eigenvalue weighted by atomic mass is 35.5. The lowest BCUT2D eigenvalue weighted by Gasteiger charge is -2.18. The Hall–Kier alpha value is -1.29. The van der Waals surface area contributed by atoms with E-state index < -0.39 is 0 Å². The molecular formula is C10H14ClN3O. The van der Waals surface area contributed by atoms with E-state index in [-0.39, 0.29) is 6.03 Å². The van der Waals surface area contributed by atoms with E-state index in [1.165, 1.54) is 0 Å². The van der Waals surface area contributed by atoms with Crippen LogP contribution in [-0.2, 0) is 0 Å². The smallest absolute Gasteiger partial charge is 0.323 e. The molecule has 5 heteroatoms. The van der Waals surface area contributed by atoms with Gasteiger partial charge in [0.2, 0.25) is 0 Å². The fourth-order valence-corrected chi connectivity index (χ4v) is 1.34. The minimum Gasteiger partial charge on any atom is -0.325 e. The molecular weight excluding hydrogens is 214 g/mol. The molecule has 82 valence electrons. The molecule has 0 aliphatic heterocycles. The molecule has 0 saturated carbocycles. The van der Waals surface area contributed by atoms with Crippen LogP contribution in [0.15, 0.2) is 18.3 Å². The summed E-state index contributed by atoms with van der Waals surface area (Å²) in [6.45, 7) is 5.16. The van der Waals surface area contributed by atoms with Crippen LogP contribution in [0.25, 0.3) is 0 Å². The quantitative estimate of drug-likeness (QED) is 0.863. The number of rotatable bonds is 3. The molecule has 2 amide bonds. The Morgan fingerprint density at radius 2 is 2.20 bits per heavy atom. The van der Waals surface area contributed by atoms with E-state index in [0.717, 1.165) is 0 Å². The van der Waals surface area contributed by atoms with Crippen LogP contribution >= 0.6 is 11.6 Å². The minimum absolute atomic E-state index is 0.180. The number of amides is 2. The average Bonchev–Trinajstić information content (AvgIpc) is 2.23. The topological polar surface area (TPSA) is 45.2 Å². The molecule has 0 radical (unpaired) electrons. The fraction of sp³-hybridized carbons (Fsp3) is 0.400. The van der Waals surface area contributed by atoms with Crippen molar-refractivity contribution in [2.24, 2.45) is 0 Å². The number of carbonyl (C=O) groups is 1. The summed E-state index contributed by atoms with van der Waals surface area (Å²) in [5, 5.41) is 3.10. The Morgan fingerprint density at radius 3 is 2.73 bits per heavy atom. The summed E-state index contributed by atoms with van der Waals surface area (Å²) < 4.78 is 0. The number of aromatic nitrogens is 1. The SMILES string of the molecule is CCN(CC)C(=O)Nc1ncccc1Cl.